The van der Waals surface area contributed by atoms with Gasteiger partial charge in [0.15, 0.2) is 11.6 Å². The van der Waals surface area contributed by atoms with E-state index in [1.807, 2.05) is 0 Å². The molecule has 3 N–H and O–H groups in total. The van der Waals surface area contributed by atoms with Crippen LogP contribution in [-0.2, 0) is 0 Å². The van der Waals surface area contributed by atoms with Gasteiger partial charge in [0, 0.05) is 17.8 Å². The first-order chi connectivity index (χ1) is 9.51. The standard InChI is InChI=1S/C15H20F2N2O/c1-2-9-4-3-5-10(6-9)19-15(20)11-7-12(16)13(17)8-14(11)18/h7-10H,2-6,18H2,1H3,(H,19,20). The van der Waals surface area contributed by atoms with E-state index in [9.17, 15) is 13.6 Å². The van der Waals surface area contributed by atoms with E-state index in [4.69, 9.17) is 5.73 Å². The molecule has 1 aromatic rings. The molecular formula is C15H20F2N2O. The number of rotatable bonds is 3. The molecule has 1 amide bonds. The Morgan fingerprint density at radius 1 is 1.35 bits per heavy atom. The molecule has 0 spiro atoms. The molecule has 1 saturated carbocycles. The van der Waals surface area contributed by atoms with Crippen LogP contribution in [0.3, 0.4) is 0 Å². The highest BCUT2D eigenvalue weighted by molar-refractivity contribution is 5.99. The van der Waals surface area contributed by atoms with Crippen molar-refractivity contribution in [2.75, 3.05) is 5.73 Å². The first-order valence-corrected chi connectivity index (χ1v) is 7.06. The van der Waals surface area contributed by atoms with Gasteiger partial charge in [-0.25, -0.2) is 8.78 Å². The molecule has 5 heteroatoms. The van der Waals surface area contributed by atoms with Crippen molar-refractivity contribution in [1.82, 2.24) is 5.32 Å². The number of carbonyl (C=O) groups is 1. The van der Waals surface area contributed by atoms with Crippen molar-refractivity contribution in [2.24, 2.45) is 5.92 Å². The highest BCUT2D eigenvalue weighted by Crippen LogP contribution is 2.27. The third-order valence-electron chi connectivity index (χ3n) is 4.03. The topological polar surface area (TPSA) is 55.1 Å². The van der Waals surface area contributed by atoms with Gasteiger partial charge in [-0.15, -0.1) is 0 Å². The van der Waals surface area contributed by atoms with Gasteiger partial charge >= 0.3 is 0 Å². The van der Waals surface area contributed by atoms with Crippen molar-refractivity contribution < 1.29 is 13.6 Å². The molecule has 20 heavy (non-hydrogen) atoms. The maximum Gasteiger partial charge on any atom is 0.253 e. The van der Waals surface area contributed by atoms with Crippen molar-refractivity contribution >= 4 is 11.6 Å². The van der Waals surface area contributed by atoms with Gasteiger partial charge in [-0.05, 0) is 24.8 Å². The number of hydrogen-bond acceptors (Lipinski definition) is 2. The Morgan fingerprint density at radius 3 is 2.75 bits per heavy atom. The van der Waals surface area contributed by atoms with Gasteiger partial charge in [-0.2, -0.15) is 0 Å². The second-order valence-corrected chi connectivity index (χ2v) is 5.46. The van der Waals surface area contributed by atoms with Crippen LogP contribution >= 0.6 is 0 Å². The van der Waals surface area contributed by atoms with Crippen LogP contribution in [0.4, 0.5) is 14.5 Å². The van der Waals surface area contributed by atoms with E-state index in [1.54, 1.807) is 0 Å². The van der Waals surface area contributed by atoms with Crippen LogP contribution in [-0.4, -0.2) is 11.9 Å². The van der Waals surface area contributed by atoms with Gasteiger partial charge in [-0.1, -0.05) is 26.2 Å². The zero-order valence-electron chi connectivity index (χ0n) is 11.6. The molecule has 1 aromatic carbocycles. The van der Waals surface area contributed by atoms with E-state index in [0.717, 1.165) is 37.8 Å². The summed E-state index contributed by atoms with van der Waals surface area (Å²) in [4.78, 5) is 12.1. The largest absolute Gasteiger partial charge is 0.398 e. The van der Waals surface area contributed by atoms with E-state index >= 15 is 0 Å². The Kier molecular flexibility index (Phi) is 4.57. The monoisotopic (exact) mass is 282 g/mol. The normalized spacial score (nSPS) is 22.6. The van der Waals surface area contributed by atoms with Crippen molar-refractivity contribution in [3.05, 3.63) is 29.3 Å². The smallest absolute Gasteiger partial charge is 0.253 e. The molecule has 0 saturated heterocycles. The molecule has 0 bridgehead atoms. The lowest BCUT2D eigenvalue weighted by Gasteiger charge is -2.29. The molecule has 0 aliphatic heterocycles. The SMILES string of the molecule is CCC1CCCC(NC(=O)c2cc(F)c(F)cc2N)C1. The molecule has 0 aromatic heterocycles. The van der Waals surface area contributed by atoms with Crippen LogP contribution in [0.15, 0.2) is 12.1 Å². The lowest BCUT2D eigenvalue weighted by atomic mass is 9.84. The zero-order valence-corrected chi connectivity index (χ0v) is 11.6. The van der Waals surface area contributed by atoms with Gasteiger partial charge in [0.1, 0.15) is 0 Å². The zero-order chi connectivity index (χ0) is 14.7. The summed E-state index contributed by atoms with van der Waals surface area (Å²) in [5.41, 5.74) is 5.55. The lowest BCUT2D eigenvalue weighted by Crippen LogP contribution is -2.38. The predicted molar refractivity (Wildman–Crippen MR) is 74.3 cm³/mol. The van der Waals surface area contributed by atoms with Crippen molar-refractivity contribution in [3.8, 4) is 0 Å². The molecule has 0 radical (unpaired) electrons. The molecule has 2 unspecified atom stereocenters. The minimum Gasteiger partial charge on any atom is -0.398 e. The van der Waals surface area contributed by atoms with E-state index in [2.05, 4.69) is 12.2 Å². The van der Waals surface area contributed by atoms with Crippen LogP contribution in [0.1, 0.15) is 49.4 Å². The molecule has 0 heterocycles. The summed E-state index contributed by atoms with van der Waals surface area (Å²) < 4.78 is 26.2. The number of amides is 1. The quantitative estimate of drug-likeness (QED) is 0.836. The summed E-state index contributed by atoms with van der Waals surface area (Å²) in [6.45, 7) is 2.14. The molecule has 3 nitrogen and oxygen atoms in total. The maximum atomic E-state index is 13.2. The highest BCUT2D eigenvalue weighted by Gasteiger charge is 2.23. The number of halogens is 2. The van der Waals surface area contributed by atoms with Gasteiger partial charge < -0.3 is 11.1 Å². The van der Waals surface area contributed by atoms with E-state index < -0.39 is 17.5 Å². The predicted octanol–water partition coefficient (Wildman–Crippen LogP) is 3.25. The van der Waals surface area contributed by atoms with Gasteiger partial charge in [-0.3, -0.25) is 4.79 Å². The Balaban J connectivity index is 2.06. The number of benzene rings is 1. The summed E-state index contributed by atoms with van der Waals surface area (Å²) in [6, 6.07) is 1.80. The summed E-state index contributed by atoms with van der Waals surface area (Å²) in [5, 5.41) is 2.88. The lowest BCUT2D eigenvalue weighted by molar-refractivity contribution is 0.0919. The molecule has 110 valence electrons. The van der Waals surface area contributed by atoms with Crippen molar-refractivity contribution in [3.63, 3.8) is 0 Å². The number of carbonyl (C=O) groups excluding carboxylic acids is 1. The third kappa shape index (κ3) is 3.26. The minimum atomic E-state index is -1.06. The third-order valence-corrected chi connectivity index (χ3v) is 4.03. The number of anilines is 1. The Labute approximate surface area is 117 Å². The van der Waals surface area contributed by atoms with Crippen LogP contribution in [0.2, 0.25) is 0 Å². The first-order valence-electron chi connectivity index (χ1n) is 7.06. The molecule has 1 aliphatic rings. The summed E-state index contributed by atoms with van der Waals surface area (Å²) in [6.07, 6.45) is 5.23. The minimum absolute atomic E-state index is 0.00234. The second kappa shape index (κ2) is 6.20. The van der Waals surface area contributed by atoms with Crippen LogP contribution < -0.4 is 11.1 Å². The fourth-order valence-electron chi connectivity index (χ4n) is 2.81. The molecule has 1 aliphatic carbocycles. The highest BCUT2D eigenvalue weighted by atomic mass is 19.2. The van der Waals surface area contributed by atoms with E-state index in [-0.39, 0.29) is 17.3 Å². The number of hydrogen-bond donors (Lipinski definition) is 2. The number of nitrogens with one attached hydrogen (secondary N) is 1. The van der Waals surface area contributed by atoms with Crippen molar-refractivity contribution in [1.29, 1.82) is 0 Å². The van der Waals surface area contributed by atoms with Gasteiger partial charge in [0.25, 0.3) is 5.91 Å². The fourth-order valence-corrected chi connectivity index (χ4v) is 2.81. The van der Waals surface area contributed by atoms with E-state index in [1.165, 1.54) is 6.42 Å². The van der Waals surface area contributed by atoms with Gasteiger partial charge in [0.2, 0.25) is 0 Å². The fraction of sp³-hybridized carbons (Fsp3) is 0.533. The Bertz CT molecular complexity index is 505. The summed E-state index contributed by atoms with van der Waals surface area (Å²) >= 11 is 0. The Morgan fingerprint density at radius 2 is 2.05 bits per heavy atom. The van der Waals surface area contributed by atoms with Crippen LogP contribution in [0.5, 0.6) is 0 Å². The van der Waals surface area contributed by atoms with Crippen molar-refractivity contribution in [2.45, 2.75) is 45.1 Å². The van der Waals surface area contributed by atoms with Gasteiger partial charge in [0.05, 0.1) is 5.56 Å². The number of nitrogen functional groups attached to an aromatic ring is 1. The molecule has 2 atom stereocenters. The first kappa shape index (κ1) is 14.8. The second-order valence-electron chi connectivity index (χ2n) is 5.46. The molecule has 2 rings (SSSR count). The summed E-state index contributed by atoms with van der Waals surface area (Å²) in [5.74, 6) is -1.90. The maximum absolute atomic E-state index is 13.2. The summed E-state index contributed by atoms with van der Waals surface area (Å²) in [7, 11) is 0. The average Bonchev–Trinajstić information content (AvgIpc) is 2.43. The van der Waals surface area contributed by atoms with Crippen LogP contribution in [0.25, 0.3) is 0 Å². The Hall–Kier alpha value is -1.65. The number of nitrogens with two attached hydrogens (primary N) is 1. The van der Waals surface area contributed by atoms with Crippen LogP contribution in [0, 0.1) is 17.6 Å². The molecular weight excluding hydrogens is 262 g/mol. The van der Waals surface area contributed by atoms with E-state index in [0.29, 0.717) is 5.92 Å². The average molecular weight is 282 g/mol. The molecule has 1 fully saturated rings.